The van der Waals surface area contributed by atoms with Crippen molar-refractivity contribution in [1.29, 1.82) is 0 Å². The molecule has 0 aromatic carbocycles. The summed E-state index contributed by atoms with van der Waals surface area (Å²) < 4.78 is 1.72. The van der Waals surface area contributed by atoms with Crippen LogP contribution in [0.2, 0.25) is 5.15 Å². The van der Waals surface area contributed by atoms with Gasteiger partial charge in [-0.3, -0.25) is 9.20 Å². The Labute approximate surface area is 95.3 Å². The standard InChI is InChI=1S/C9H10ClN3OS/c10-8-6(2-1-4-11)15-9-12-7(14)3-5-13(8)9/h3,5H,1-2,4,11H2. The predicted molar refractivity (Wildman–Crippen MR) is 61.7 cm³/mol. The van der Waals surface area contributed by atoms with E-state index in [-0.39, 0.29) is 5.56 Å². The highest BCUT2D eigenvalue weighted by molar-refractivity contribution is 7.17. The molecule has 4 nitrogen and oxygen atoms in total. The zero-order valence-electron chi connectivity index (χ0n) is 7.94. The normalized spacial score (nSPS) is 11.1. The van der Waals surface area contributed by atoms with Crippen molar-refractivity contribution in [3.63, 3.8) is 0 Å². The van der Waals surface area contributed by atoms with Gasteiger partial charge in [-0.25, -0.2) is 0 Å². The Bertz CT molecular complexity index is 534. The van der Waals surface area contributed by atoms with Crippen LogP contribution in [0.5, 0.6) is 0 Å². The van der Waals surface area contributed by atoms with Gasteiger partial charge in [-0.1, -0.05) is 22.9 Å². The highest BCUT2D eigenvalue weighted by atomic mass is 35.5. The summed E-state index contributed by atoms with van der Waals surface area (Å²) >= 11 is 7.58. The molecule has 0 spiro atoms. The summed E-state index contributed by atoms with van der Waals surface area (Å²) in [5.74, 6) is 0. The maximum atomic E-state index is 11.0. The van der Waals surface area contributed by atoms with Crippen molar-refractivity contribution < 1.29 is 0 Å². The van der Waals surface area contributed by atoms with Crippen LogP contribution in [0.3, 0.4) is 0 Å². The molecule has 0 amide bonds. The van der Waals surface area contributed by atoms with Crippen molar-refractivity contribution in [1.82, 2.24) is 9.38 Å². The molecule has 2 heterocycles. The molecule has 80 valence electrons. The third-order valence-corrected chi connectivity index (χ3v) is 3.68. The first kappa shape index (κ1) is 10.6. The van der Waals surface area contributed by atoms with E-state index in [0.29, 0.717) is 16.7 Å². The smallest absolute Gasteiger partial charge is 0.273 e. The summed E-state index contributed by atoms with van der Waals surface area (Å²) in [6.45, 7) is 0.634. The fraction of sp³-hybridized carbons (Fsp3) is 0.333. The molecule has 0 unspecified atom stereocenters. The third-order valence-electron chi connectivity index (χ3n) is 2.04. The molecule has 0 radical (unpaired) electrons. The molecule has 0 bridgehead atoms. The molecule has 0 saturated heterocycles. The number of halogens is 1. The average Bonchev–Trinajstić information content (AvgIpc) is 2.52. The van der Waals surface area contributed by atoms with Gasteiger partial charge in [0.15, 0.2) is 4.96 Å². The largest absolute Gasteiger partial charge is 0.330 e. The molecule has 15 heavy (non-hydrogen) atoms. The van der Waals surface area contributed by atoms with Gasteiger partial charge in [-0.2, -0.15) is 4.98 Å². The van der Waals surface area contributed by atoms with Gasteiger partial charge in [0.25, 0.3) is 5.56 Å². The number of aryl methyl sites for hydroxylation is 1. The van der Waals surface area contributed by atoms with Gasteiger partial charge in [0.2, 0.25) is 0 Å². The first-order chi connectivity index (χ1) is 7.22. The molecule has 6 heteroatoms. The fourth-order valence-electron chi connectivity index (χ4n) is 1.31. The summed E-state index contributed by atoms with van der Waals surface area (Å²) in [6.07, 6.45) is 3.37. The van der Waals surface area contributed by atoms with Gasteiger partial charge < -0.3 is 5.73 Å². The highest BCUT2D eigenvalue weighted by Gasteiger charge is 2.09. The number of nitrogens with two attached hydrogens (primary N) is 1. The minimum atomic E-state index is -0.238. The van der Waals surface area contributed by atoms with Crippen molar-refractivity contribution in [3.8, 4) is 0 Å². The summed E-state index contributed by atoms with van der Waals surface area (Å²) in [6, 6.07) is 1.40. The maximum absolute atomic E-state index is 11.0. The second-order valence-electron chi connectivity index (χ2n) is 3.13. The monoisotopic (exact) mass is 243 g/mol. The van der Waals surface area contributed by atoms with Crippen molar-refractivity contribution in [2.75, 3.05) is 6.54 Å². The van der Waals surface area contributed by atoms with E-state index in [9.17, 15) is 4.79 Å². The van der Waals surface area contributed by atoms with Crippen molar-refractivity contribution in [2.45, 2.75) is 12.8 Å². The zero-order chi connectivity index (χ0) is 10.8. The van der Waals surface area contributed by atoms with E-state index in [1.54, 1.807) is 10.6 Å². The molecule has 2 N–H and O–H groups in total. The molecule has 0 saturated carbocycles. The predicted octanol–water partition coefficient (Wildman–Crippen LogP) is 1.30. The van der Waals surface area contributed by atoms with E-state index < -0.39 is 0 Å². The van der Waals surface area contributed by atoms with E-state index in [0.717, 1.165) is 17.7 Å². The number of hydrogen-bond acceptors (Lipinski definition) is 4. The Kier molecular flexibility index (Phi) is 3.04. The first-order valence-electron chi connectivity index (χ1n) is 4.59. The number of nitrogens with zero attached hydrogens (tertiary/aromatic N) is 2. The molecule has 0 aliphatic rings. The van der Waals surface area contributed by atoms with E-state index in [4.69, 9.17) is 17.3 Å². The quantitative estimate of drug-likeness (QED) is 0.884. The number of aromatic nitrogens is 2. The third kappa shape index (κ3) is 2.04. The lowest BCUT2D eigenvalue weighted by atomic mass is 10.3. The van der Waals surface area contributed by atoms with Crippen LogP contribution in [0, 0.1) is 0 Å². The van der Waals surface area contributed by atoms with Gasteiger partial charge in [-0.15, -0.1) is 0 Å². The molecule has 0 fully saturated rings. The zero-order valence-corrected chi connectivity index (χ0v) is 9.51. The van der Waals surface area contributed by atoms with Crippen LogP contribution < -0.4 is 11.3 Å². The molecule has 2 aromatic heterocycles. The van der Waals surface area contributed by atoms with Crippen LogP contribution in [-0.2, 0) is 6.42 Å². The fourth-order valence-corrected chi connectivity index (χ4v) is 2.74. The van der Waals surface area contributed by atoms with Crippen LogP contribution >= 0.6 is 22.9 Å². The number of rotatable bonds is 3. The summed E-state index contributed by atoms with van der Waals surface area (Å²) in [4.78, 5) is 16.6. The Morgan fingerprint density at radius 1 is 1.60 bits per heavy atom. The van der Waals surface area contributed by atoms with Crippen molar-refractivity contribution in [2.24, 2.45) is 5.73 Å². The first-order valence-corrected chi connectivity index (χ1v) is 5.78. The summed E-state index contributed by atoms with van der Waals surface area (Å²) in [5, 5.41) is 0.635. The highest BCUT2D eigenvalue weighted by Crippen LogP contribution is 2.26. The molecular formula is C9H10ClN3OS. The van der Waals surface area contributed by atoms with E-state index >= 15 is 0 Å². The van der Waals surface area contributed by atoms with Crippen LogP contribution in [0.15, 0.2) is 17.1 Å². The minimum absolute atomic E-state index is 0.238. The Morgan fingerprint density at radius 3 is 3.13 bits per heavy atom. The lowest BCUT2D eigenvalue weighted by Crippen LogP contribution is -2.04. The minimum Gasteiger partial charge on any atom is -0.330 e. The number of hydrogen-bond donors (Lipinski definition) is 1. The number of thiazole rings is 1. The Hall–Kier alpha value is -0.910. The summed E-state index contributed by atoms with van der Waals surface area (Å²) in [5.41, 5.74) is 5.20. The molecule has 0 aliphatic carbocycles. The van der Waals surface area contributed by atoms with Crippen molar-refractivity contribution in [3.05, 3.63) is 32.6 Å². The molecule has 2 rings (SSSR count). The van der Waals surface area contributed by atoms with Crippen molar-refractivity contribution >= 4 is 27.9 Å². The van der Waals surface area contributed by atoms with Crippen LogP contribution in [-0.4, -0.2) is 15.9 Å². The van der Waals surface area contributed by atoms with Gasteiger partial charge >= 0.3 is 0 Å². The lowest BCUT2D eigenvalue weighted by Gasteiger charge is -1.95. The SMILES string of the molecule is NCCCc1sc2nc(=O)ccn2c1Cl. The Balaban J connectivity index is 2.49. The van der Waals surface area contributed by atoms with Crippen LogP contribution in [0.25, 0.3) is 4.96 Å². The Morgan fingerprint density at radius 2 is 2.40 bits per heavy atom. The van der Waals surface area contributed by atoms with Crippen LogP contribution in [0.4, 0.5) is 0 Å². The maximum Gasteiger partial charge on any atom is 0.273 e. The summed E-state index contributed by atoms with van der Waals surface area (Å²) in [7, 11) is 0. The molecule has 0 atom stereocenters. The molecule has 0 aliphatic heterocycles. The second-order valence-corrected chi connectivity index (χ2v) is 4.55. The van der Waals surface area contributed by atoms with Gasteiger partial charge in [0.1, 0.15) is 5.15 Å². The molecule has 2 aromatic rings. The van der Waals surface area contributed by atoms with Gasteiger partial charge in [0.05, 0.1) is 0 Å². The van der Waals surface area contributed by atoms with Crippen LogP contribution in [0.1, 0.15) is 11.3 Å². The van der Waals surface area contributed by atoms with E-state index in [2.05, 4.69) is 4.98 Å². The van der Waals surface area contributed by atoms with Gasteiger partial charge in [-0.05, 0) is 19.4 Å². The van der Waals surface area contributed by atoms with Gasteiger partial charge in [0, 0.05) is 17.1 Å². The number of fused-ring (bicyclic) bond motifs is 1. The van der Waals surface area contributed by atoms with E-state index in [1.807, 2.05) is 0 Å². The lowest BCUT2D eigenvalue weighted by molar-refractivity contribution is 0.840. The van der Waals surface area contributed by atoms with E-state index in [1.165, 1.54) is 17.4 Å². The topological polar surface area (TPSA) is 60.4 Å². The average molecular weight is 244 g/mol. The molecular weight excluding hydrogens is 234 g/mol. The second kappa shape index (κ2) is 4.30.